The summed E-state index contributed by atoms with van der Waals surface area (Å²) in [6, 6.07) is 3.12. The Morgan fingerprint density at radius 2 is 2.17 bits per heavy atom. The second-order valence-corrected chi connectivity index (χ2v) is 6.07. The lowest BCUT2D eigenvalue weighted by molar-refractivity contribution is -0.119. The van der Waals surface area contributed by atoms with Gasteiger partial charge < -0.3 is 8.98 Å². The molecule has 0 spiro atoms. The molecule has 3 heterocycles. The van der Waals surface area contributed by atoms with Crippen molar-refractivity contribution < 1.29 is 14.0 Å². The van der Waals surface area contributed by atoms with Crippen LogP contribution < -0.4 is 10.9 Å². The molecule has 1 aliphatic heterocycles. The van der Waals surface area contributed by atoms with Gasteiger partial charge >= 0.3 is 5.91 Å². The Labute approximate surface area is 137 Å². The zero-order valence-electron chi connectivity index (χ0n) is 12.4. The number of hydrazine groups is 1. The van der Waals surface area contributed by atoms with Crippen LogP contribution in [0.2, 0.25) is 0 Å². The van der Waals surface area contributed by atoms with E-state index < -0.39 is 5.91 Å². The van der Waals surface area contributed by atoms with Crippen LogP contribution in [0, 0.1) is 0 Å². The standard InChI is InChI=1S/C14H17N5O3S/c20-12(16-17-13(21)10-5-4-8-22-10)9-23-14-18-15-11-6-2-1-3-7-19(11)14/h4-5,8H,1-3,6-7,9H2,(H,16,20)(H,17,21). The molecule has 0 radical (unpaired) electrons. The lowest BCUT2D eigenvalue weighted by Crippen LogP contribution is -2.42. The molecular weight excluding hydrogens is 318 g/mol. The number of hydrogen-bond donors (Lipinski definition) is 2. The van der Waals surface area contributed by atoms with E-state index in [1.165, 1.54) is 30.5 Å². The maximum atomic E-state index is 11.8. The molecule has 0 fully saturated rings. The van der Waals surface area contributed by atoms with Gasteiger partial charge in [-0.25, -0.2) is 0 Å². The molecule has 0 saturated carbocycles. The predicted octanol–water partition coefficient (Wildman–Crippen LogP) is 1.15. The van der Waals surface area contributed by atoms with E-state index >= 15 is 0 Å². The summed E-state index contributed by atoms with van der Waals surface area (Å²) in [4.78, 5) is 23.4. The zero-order valence-corrected chi connectivity index (χ0v) is 13.3. The summed E-state index contributed by atoms with van der Waals surface area (Å²) < 4.78 is 7.01. The Hall–Kier alpha value is -2.29. The Morgan fingerprint density at radius 1 is 1.26 bits per heavy atom. The number of hydrogen-bond acceptors (Lipinski definition) is 6. The number of rotatable bonds is 4. The fraction of sp³-hybridized carbons (Fsp3) is 0.429. The van der Waals surface area contributed by atoms with Crippen LogP contribution in [0.4, 0.5) is 0 Å². The first-order chi connectivity index (χ1) is 11.2. The van der Waals surface area contributed by atoms with Gasteiger partial charge in [-0.3, -0.25) is 20.4 Å². The number of carbonyl (C=O) groups is 2. The van der Waals surface area contributed by atoms with Crippen molar-refractivity contribution >= 4 is 23.6 Å². The van der Waals surface area contributed by atoms with Crippen molar-refractivity contribution in [2.75, 3.05) is 5.75 Å². The number of carbonyl (C=O) groups excluding carboxylic acids is 2. The first-order valence-electron chi connectivity index (χ1n) is 7.41. The number of nitrogens with zero attached hydrogens (tertiary/aromatic N) is 3. The lowest BCUT2D eigenvalue weighted by atomic mass is 10.2. The molecule has 2 amide bonds. The summed E-state index contributed by atoms with van der Waals surface area (Å²) in [5.41, 5.74) is 4.65. The van der Waals surface area contributed by atoms with E-state index in [2.05, 4.69) is 25.6 Å². The predicted molar refractivity (Wildman–Crippen MR) is 82.6 cm³/mol. The maximum Gasteiger partial charge on any atom is 0.305 e. The molecule has 2 N–H and O–H groups in total. The normalized spacial score (nSPS) is 13.9. The van der Waals surface area contributed by atoms with Gasteiger partial charge in [0.2, 0.25) is 5.91 Å². The molecule has 8 nitrogen and oxygen atoms in total. The average Bonchev–Trinajstić information content (AvgIpc) is 3.16. The third kappa shape index (κ3) is 3.92. The molecule has 0 atom stereocenters. The number of fused-ring (bicyclic) bond motifs is 1. The van der Waals surface area contributed by atoms with Crippen LogP contribution in [-0.2, 0) is 17.8 Å². The summed E-state index contributed by atoms with van der Waals surface area (Å²) in [6.45, 7) is 0.890. The van der Waals surface area contributed by atoms with Crippen molar-refractivity contribution in [1.82, 2.24) is 25.6 Å². The smallest absolute Gasteiger partial charge is 0.305 e. The fourth-order valence-corrected chi connectivity index (χ4v) is 3.11. The van der Waals surface area contributed by atoms with E-state index in [1.807, 2.05) is 0 Å². The Balaban J connectivity index is 1.48. The minimum Gasteiger partial charge on any atom is -0.459 e. The van der Waals surface area contributed by atoms with E-state index in [0.29, 0.717) is 0 Å². The van der Waals surface area contributed by atoms with Crippen LogP contribution in [-0.4, -0.2) is 32.3 Å². The Bertz CT molecular complexity index is 683. The molecular formula is C14H17N5O3S. The highest BCUT2D eigenvalue weighted by molar-refractivity contribution is 7.99. The summed E-state index contributed by atoms with van der Waals surface area (Å²) in [5.74, 6) is 0.458. The quantitative estimate of drug-likeness (QED) is 0.642. The van der Waals surface area contributed by atoms with Crippen LogP contribution in [0.15, 0.2) is 28.0 Å². The van der Waals surface area contributed by atoms with E-state index in [9.17, 15) is 9.59 Å². The molecule has 0 saturated heterocycles. The topological polar surface area (TPSA) is 102 Å². The summed E-state index contributed by atoms with van der Waals surface area (Å²) in [5, 5.41) is 9.07. The third-order valence-corrected chi connectivity index (χ3v) is 4.44. The summed E-state index contributed by atoms with van der Waals surface area (Å²) in [7, 11) is 0. The largest absolute Gasteiger partial charge is 0.459 e. The van der Waals surface area contributed by atoms with Crippen LogP contribution in [0.25, 0.3) is 0 Å². The van der Waals surface area contributed by atoms with E-state index in [4.69, 9.17) is 4.42 Å². The lowest BCUT2D eigenvalue weighted by Gasteiger charge is -2.07. The van der Waals surface area contributed by atoms with Crippen molar-refractivity contribution in [3.05, 3.63) is 30.0 Å². The van der Waals surface area contributed by atoms with Crippen molar-refractivity contribution in [3.63, 3.8) is 0 Å². The highest BCUT2D eigenvalue weighted by Gasteiger charge is 2.16. The van der Waals surface area contributed by atoms with Gasteiger partial charge in [-0.1, -0.05) is 18.2 Å². The number of aromatic nitrogens is 3. The number of furan rings is 1. The number of thioether (sulfide) groups is 1. The van der Waals surface area contributed by atoms with Crippen molar-refractivity contribution in [3.8, 4) is 0 Å². The first-order valence-corrected chi connectivity index (χ1v) is 8.40. The van der Waals surface area contributed by atoms with Gasteiger partial charge in [-0.2, -0.15) is 0 Å². The Morgan fingerprint density at radius 3 is 3.00 bits per heavy atom. The monoisotopic (exact) mass is 335 g/mol. The summed E-state index contributed by atoms with van der Waals surface area (Å²) in [6.07, 6.45) is 5.74. The van der Waals surface area contributed by atoms with E-state index in [0.717, 1.165) is 36.8 Å². The van der Waals surface area contributed by atoms with Gasteiger partial charge in [0.1, 0.15) is 5.82 Å². The molecule has 2 aromatic rings. The minimum absolute atomic E-state index is 0.140. The SMILES string of the molecule is O=C(CSc1nnc2n1CCCCC2)NNC(=O)c1ccco1. The molecule has 9 heteroatoms. The van der Waals surface area contributed by atoms with Gasteiger partial charge in [0, 0.05) is 13.0 Å². The zero-order chi connectivity index (χ0) is 16.1. The van der Waals surface area contributed by atoms with Crippen molar-refractivity contribution in [2.45, 2.75) is 37.4 Å². The fourth-order valence-electron chi connectivity index (χ4n) is 2.33. The van der Waals surface area contributed by atoms with Crippen LogP contribution in [0.1, 0.15) is 35.6 Å². The van der Waals surface area contributed by atoms with Gasteiger partial charge in [-0.15, -0.1) is 10.2 Å². The number of amides is 2. The van der Waals surface area contributed by atoms with Gasteiger partial charge in [0.15, 0.2) is 10.9 Å². The molecule has 1 aliphatic rings. The average molecular weight is 335 g/mol. The molecule has 122 valence electrons. The molecule has 2 aromatic heterocycles. The maximum absolute atomic E-state index is 11.8. The Kier molecular flexibility index (Phi) is 4.96. The molecule has 3 rings (SSSR count). The molecule has 23 heavy (non-hydrogen) atoms. The van der Waals surface area contributed by atoms with Gasteiger partial charge in [0.25, 0.3) is 0 Å². The molecule has 0 aromatic carbocycles. The second kappa shape index (κ2) is 7.32. The van der Waals surface area contributed by atoms with Gasteiger partial charge in [-0.05, 0) is 25.0 Å². The second-order valence-electron chi connectivity index (χ2n) is 5.13. The highest BCUT2D eigenvalue weighted by Crippen LogP contribution is 2.21. The van der Waals surface area contributed by atoms with Crippen molar-refractivity contribution in [2.24, 2.45) is 0 Å². The summed E-state index contributed by atoms with van der Waals surface area (Å²) >= 11 is 1.31. The molecule has 0 bridgehead atoms. The third-order valence-electron chi connectivity index (χ3n) is 3.47. The number of aryl methyl sites for hydroxylation is 1. The molecule has 0 unspecified atom stereocenters. The van der Waals surface area contributed by atoms with Gasteiger partial charge in [0.05, 0.1) is 12.0 Å². The molecule has 0 aliphatic carbocycles. The first kappa shape index (κ1) is 15.6. The van der Waals surface area contributed by atoms with Crippen LogP contribution in [0.5, 0.6) is 0 Å². The van der Waals surface area contributed by atoms with E-state index in [1.54, 1.807) is 6.07 Å². The van der Waals surface area contributed by atoms with Crippen LogP contribution in [0.3, 0.4) is 0 Å². The highest BCUT2D eigenvalue weighted by atomic mass is 32.2. The van der Waals surface area contributed by atoms with Crippen molar-refractivity contribution in [1.29, 1.82) is 0 Å². The van der Waals surface area contributed by atoms with E-state index in [-0.39, 0.29) is 17.4 Å². The number of nitrogens with one attached hydrogen (secondary N) is 2. The minimum atomic E-state index is -0.496. The van der Waals surface area contributed by atoms with Crippen LogP contribution >= 0.6 is 11.8 Å².